The fraction of sp³-hybridized carbons (Fsp3) is 0.652. The van der Waals surface area contributed by atoms with E-state index in [1.165, 1.54) is 45.5 Å². The molecule has 5 rings (SSSR count). The van der Waals surface area contributed by atoms with Crippen LogP contribution in [0.25, 0.3) is 0 Å². The first-order valence-corrected chi connectivity index (χ1v) is 12.7. The molecule has 0 radical (unpaired) electrons. The highest BCUT2D eigenvalue weighted by atomic mass is 32.2. The van der Waals surface area contributed by atoms with Crippen molar-refractivity contribution in [3.8, 4) is 0 Å². The van der Waals surface area contributed by atoms with Crippen molar-refractivity contribution in [2.45, 2.75) is 56.3 Å². The van der Waals surface area contributed by atoms with Crippen molar-refractivity contribution < 1.29 is 18.0 Å². The summed E-state index contributed by atoms with van der Waals surface area (Å²) in [6, 6.07) is 6.14. The molecule has 0 spiro atoms. The van der Waals surface area contributed by atoms with Crippen LogP contribution in [-0.2, 0) is 19.6 Å². The van der Waals surface area contributed by atoms with Crippen LogP contribution in [0.5, 0.6) is 0 Å². The lowest BCUT2D eigenvalue weighted by atomic mass is 9.49. The number of hydrogen-bond acceptors (Lipinski definition) is 4. The number of amides is 2. The summed E-state index contributed by atoms with van der Waals surface area (Å²) in [5.41, 5.74) is 0.409. The molecule has 4 fully saturated rings. The smallest absolute Gasteiger partial charge is 0.242 e. The van der Waals surface area contributed by atoms with Gasteiger partial charge in [-0.05, 0) is 87.0 Å². The van der Waals surface area contributed by atoms with Crippen LogP contribution in [0.4, 0.5) is 5.69 Å². The second-order valence-electron chi connectivity index (χ2n) is 9.92. The van der Waals surface area contributed by atoms with Crippen LogP contribution in [0.15, 0.2) is 29.2 Å². The molecule has 0 heterocycles. The highest BCUT2D eigenvalue weighted by Gasteiger charge is 2.54. The van der Waals surface area contributed by atoms with Crippen LogP contribution >= 0.6 is 0 Å². The van der Waals surface area contributed by atoms with Crippen LogP contribution in [0.3, 0.4) is 0 Å². The lowest BCUT2D eigenvalue weighted by molar-refractivity contribution is -0.146. The lowest BCUT2D eigenvalue weighted by Gasteiger charge is -2.55. The van der Waals surface area contributed by atoms with Crippen LogP contribution in [-0.4, -0.2) is 45.2 Å². The summed E-state index contributed by atoms with van der Waals surface area (Å²) in [5, 5.41) is 5.89. The van der Waals surface area contributed by atoms with Crippen molar-refractivity contribution in [3.05, 3.63) is 24.3 Å². The predicted octanol–water partition coefficient (Wildman–Crippen LogP) is 2.99. The van der Waals surface area contributed by atoms with E-state index in [-0.39, 0.29) is 22.1 Å². The van der Waals surface area contributed by atoms with Crippen LogP contribution in [0, 0.1) is 23.2 Å². The molecule has 1 aromatic carbocycles. The monoisotopic (exact) mass is 447 g/mol. The van der Waals surface area contributed by atoms with E-state index in [9.17, 15) is 18.0 Å². The third-order valence-electron chi connectivity index (χ3n) is 7.30. The summed E-state index contributed by atoms with van der Waals surface area (Å²) in [7, 11) is -0.526. The number of rotatable bonds is 8. The Morgan fingerprint density at radius 2 is 1.55 bits per heavy atom. The number of benzene rings is 1. The van der Waals surface area contributed by atoms with Gasteiger partial charge in [-0.3, -0.25) is 9.59 Å². The maximum Gasteiger partial charge on any atom is 0.242 e. The first kappa shape index (κ1) is 22.3. The number of hydrogen-bond donors (Lipinski definition) is 2. The van der Waals surface area contributed by atoms with Gasteiger partial charge in [-0.15, -0.1) is 0 Å². The van der Waals surface area contributed by atoms with Crippen LogP contribution in [0.1, 0.15) is 51.4 Å². The summed E-state index contributed by atoms with van der Waals surface area (Å²) in [4.78, 5) is 25.3. The van der Waals surface area contributed by atoms with E-state index in [1.54, 1.807) is 12.1 Å². The van der Waals surface area contributed by atoms with Crippen LogP contribution in [0.2, 0.25) is 0 Å². The predicted molar refractivity (Wildman–Crippen MR) is 119 cm³/mol. The molecule has 8 heteroatoms. The van der Waals surface area contributed by atoms with Gasteiger partial charge in [-0.1, -0.05) is 0 Å². The molecule has 2 N–H and O–H groups in total. The van der Waals surface area contributed by atoms with Gasteiger partial charge in [0.2, 0.25) is 21.8 Å². The van der Waals surface area contributed by atoms with E-state index in [0.29, 0.717) is 25.1 Å². The number of sulfonamides is 1. The number of carbonyl (C=O) groups is 2. The minimum absolute atomic E-state index is 0.146. The molecule has 4 saturated carbocycles. The van der Waals surface area contributed by atoms with Gasteiger partial charge in [0.1, 0.15) is 0 Å². The van der Waals surface area contributed by atoms with Crippen molar-refractivity contribution in [2.24, 2.45) is 23.2 Å². The fourth-order valence-electron chi connectivity index (χ4n) is 6.17. The molecule has 4 aliphatic rings. The van der Waals surface area contributed by atoms with E-state index < -0.39 is 10.0 Å². The van der Waals surface area contributed by atoms with E-state index in [4.69, 9.17) is 0 Å². The van der Waals surface area contributed by atoms with Gasteiger partial charge in [-0.25, -0.2) is 12.7 Å². The average Bonchev–Trinajstić information content (AvgIpc) is 2.70. The Morgan fingerprint density at radius 3 is 2.06 bits per heavy atom. The van der Waals surface area contributed by atoms with Crippen LogP contribution < -0.4 is 10.6 Å². The first-order chi connectivity index (χ1) is 14.7. The van der Waals surface area contributed by atoms with Gasteiger partial charge in [-0.2, -0.15) is 0 Å². The Bertz CT molecular complexity index is 905. The number of anilines is 1. The number of nitrogens with one attached hydrogen (secondary N) is 2. The lowest BCUT2D eigenvalue weighted by Crippen LogP contribution is -2.53. The Hall–Kier alpha value is -1.93. The summed E-state index contributed by atoms with van der Waals surface area (Å²) >= 11 is 0. The van der Waals surface area contributed by atoms with Crippen molar-refractivity contribution in [2.75, 3.05) is 26.0 Å². The molecule has 0 atom stereocenters. The Balaban J connectivity index is 1.21. The van der Waals surface area contributed by atoms with E-state index in [1.807, 2.05) is 0 Å². The molecule has 0 unspecified atom stereocenters. The Morgan fingerprint density at radius 1 is 1.00 bits per heavy atom. The quantitative estimate of drug-likeness (QED) is 0.599. The zero-order valence-corrected chi connectivity index (χ0v) is 19.2. The Labute approximate surface area is 185 Å². The third-order valence-corrected chi connectivity index (χ3v) is 9.13. The molecule has 4 aliphatic carbocycles. The topological polar surface area (TPSA) is 95.6 Å². The van der Waals surface area contributed by atoms with E-state index >= 15 is 0 Å². The zero-order valence-electron chi connectivity index (χ0n) is 18.4. The number of carbonyl (C=O) groups excluding carboxylic acids is 2. The van der Waals surface area contributed by atoms with Gasteiger partial charge < -0.3 is 10.6 Å². The summed E-state index contributed by atoms with van der Waals surface area (Å²) in [5.74, 6) is 2.27. The molecule has 2 amide bonds. The van der Waals surface area contributed by atoms with Gasteiger partial charge in [0.15, 0.2) is 0 Å². The molecule has 170 valence electrons. The minimum atomic E-state index is -3.48. The summed E-state index contributed by atoms with van der Waals surface area (Å²) < 4.78 is 25.4. The average molecular weight is 448 g/mol. The zero-order chi connectivity index (χ0) is 22.2. The third kappa shape index (κ3) is 4.65. The van der Waals surface area contributed by atoms with E-state index in [2.05, 4.69) is 10.6 Å². The summed E-state index contributed by atoms with van der Waals surface area (Å²) in [6.45, 7) is 0.508. The van der Waals surface area contributed by atoms with E-state index in [0.717, 1.165) is 41.3 Å². The number of nitrogens with zero attached hydrogens (tertiary/aromatic N) is 1. The molecule has 31 heavy (non-hydrogen) atoms. The molecule has 0 saturated heterocycles. The molecule has 0 aromatic heterocycles. The first-order valence-electron chi connectivity index (χ1n) is 11.3. The Kier molecular flexibility index (Phi) is 6.14. The second-order valence-corrected chi connectivity index (χ2v) is 12.1. The van der Waals surface area contributed by atoms with Crippen molar-refractivity contribution in [3.63, 3.8) is 0 Å². The van der Waals surface area contributed by atoms with Crippen molar-refractivity contribution in [1.82, 2.24) is 9.62 Å². The molecular formula is C23H33N3O4S. The summed E-state index contributed by atoms with van der Waals surface area (Å²) in [6.07, 6.45) is 7.97. The SMILES string of the molecule is CN(C)S(=O)(=O)c1ccc(NC(=O)CCCNC(=O)C23CC4CC(CC(C4)C2)C3)cc1. The van der Waals surface area contributed by atoms with Gasteiger partial charge in [0.05, 0.1) is 4.90 Å². The molecule has 0 aliphatic heterocycles. The molecule has 1 aromatic rings. The highest BCUT2D eigenvalue weighted by Crippen LogP contribution is 2.60. The molecule has 4 bridgehead atoms. The molecule has 7 nitrogen and oxygen atoms in total. The van der Waals surface area contributed by atoms with Gasteiger partial charge >= 0.3 is 0 Å². The fourth-order valence-corrected chi connectivity index (χ4v) is 7.07. The standard InChI is InChI=1S/C23H33N3O4S/c1-26(2)31(29,30)20-7-5-19(6-8-20)25-21(27)4-3-9-24-22(28)23-13-16-10-17(14-23)12-18(11-16)15-23/h5-8,16-18H,3-4,9-15H2,1-2H3,(H,24,28)(H,25,27). The minimum Gasteiger partial charge on any atom is -0.356 e. The van der Waals surface area contributed by atoms with Crippen molar-refractivity contribution >= 4 is 27.5 Å². The van der Waals surface area contributed by atoms with Gasteiger partial charge in [0.25, 0.3) is 0 Å². The highest BCUT2D eigenvalue weighted by molar-refractivity contribution is 7.89. The maximum atomic E-state index is 12.9. The second kappa shape index (κ2) is 8.54. The van der Waals surface area contributed by atoms with Gasteiger partial charge in [0, 0.05) is 38.2 Å². The maximum absolute atomic E-state index is 12.9. The van der Waals surface area contributed by atoms with Crippen molar-refractivity contribution in [1.29, 1.82) is 0 Å². The molecular weight excluding hydrogens is 414 g/mol. The largest absolute Gasteiger partial charge is 0.356 e. The normalized spacial score (nSPS) is 29.2.